The highest BCUT2D eigenvalue weighted by Gasteiger charge is 2.11. The molecule has 0 aliphatic heterocycles. The zero-order valence-electron chi connectivity index (χ0n) is 8.19. The van der Waals surface area contributed by atoms with Gasteiger partial charge in [0.1, 0.15) is 0 Å². The first-order valence-electron chi connectivity index (χ1n) is 4.35. The van der Waals surface area contributed by atoms with Crippen molar-refractivity contribution in [1.82, 2.24) is 10.2 Å². The van der Waals surface area contributed by atoms with Gasteiger partial charge in [0.05, 0.1) is 19.8 Å². The standard InChI is InChI=1S/C8H16N2O4/c1-7(13)9-6-8(14)10(2-4-11)3-5-12/h11-12H,2-6H2,1H3,(H,9,13). The molecule has 0 aromatic rings. The average Bonchev–Trinajstić information content (AvgIpc) is 2.14. The molecule has 0 aliphatic carbocycles. The normalized spacial score (nSPS) is 9.64. The van der Waals surface area contributed by atoms with Crippen molar-refractivity contribution in [2.24, 2.45) is 0 Å². The molecule has 6 heteroatoms. The molecule has 0 spiro atoms. The first-order chi connectivity index (χ1) is 6.61. The zero-order chi connectivity index (χ0) is 11.0. The molecule has 0 atom stereocenters. The number of aliphatic hydroxyl groups is 2. The molecular weight excluding hydrogens is 188 g/mol. The van der Waals surface area contributed by atoms with Crippen molar-refractivity contribution in [3.8, 4) is 0 Å². The first-order valence-corrected chi connectivity index (χ1v) is 4.35. The lowest BCUT2D eigenvalue weighted by atomic mass is 10.4. The molecule has 14 heavy (non-hydrogen) atoms. The van der Waals surface area contributed by atoms with E-state index in [4.69, 9.17) is 10.2 Å². The Morgan fingerprint density at radius 2 is 1.71 bits per heavy atom. The highest BCUT2D eigenvalue weighted by molar-refractivity contribution is 5.83. The molecule has 0 bridgehead atoms. The highest BCUT2D eigenvalue weighted by Crippen LogP contribution is 1.87. The molecule has 3 N–H and O–H groups in total. The Bertz CT molecular complexity index is 190. The molecule has 82 valence electrons. The maximum Gasteiger partial charge on any atom is 0.242 e. The summed E-state index contributed by atoms with van der Waals surface area (Å²) in [7, 11) is 0. The van der Waals surface area contributed by atoms with E-state index in [0.29, 0.717) is 0 Å². The van der Waals surface area contributed by atoms with Crippen LogP contribution in [0, 0.1) is 0 Å². The highest BCUT2D eigenvalue weighted by atomic mass is 16.3. The van der Waals surface area contributed by atoms with Gasteiger partial charge in [-0.2, -0.15) is 0 Å². The number of hydrogen-bond acceptors (Lipinski definition) is 4. The molecule has 0 radical (unpaired) electrons. The van der Waals surface area contributed by atoms with E-state index in [2.05, 4.69) is 5.32 Å². The maximum atomic E-state index is 11.3. The minimum Gasteiger partial charge on any atom is -0.395 e. The minimum absolute atomic E-state index is 0.102. The summed E-state index contributed by atoms with van der Waals surface area (Å²) in [5.41, 5.74) is 0. The van der Waals surface area contributed by atoms with Crippen LogP contribution in [0.4, 0.5) is 0 Å². The summed E-state index contributed by atoms with van der Waals surface area (Å²) >= 11 is 0. The van der Waals surface area contributed by atoms with E-state index < -0.39 is 0 Å². The fourth-order valence-corrected chi connectivity index (χ4v) is 0.915. The summed E-state index contributed by atoms with van der Waals surface area (Å²) in [6, 6.07) is 0. The largest absolute Gasteiger partial charge is 0.395 e. The summed E-state index contributed by atoms with van der Waals surface area (Å²) in [5.74, 6) is -0.602. The van der Waals surface area contributed by atoms with Crippen LogP contribution in [0.2, 0.25) is 0 Å². The number of rotatable bonds is 6. The molecule has 0 saturated heterocycles. The lowest BCUT2D eigenvalue weighted by Gasteiger charge is -2.20. The van der Waals surface area contributed by atoms with Crippen molar-refractivity contribution in [3.05, 3.63) is 0 Å². The lowest BCUT2D eigenvalue weighted by Crippen LogP contribution is -2.42. The van der Waals surface area contributed by atoms with Crippen molar-refractivity contribution in [2.75, 3.05) is 32.8 Å². The van der Waals surface area contributed by atoms with Gasteiger partial charge in [-0.05, 0) is 0 Å². The van der Waals surface area contributed by atoms with Crippen LogP contribution in [0.25, 0.3) is 0 Å². The molecule has 0 aromatic carbocycles. The zero-order valence-corrected chi connectivity index (χ0v) is 8.19. The van der Waals surface area contributed by atoms with E-state index in [0.717, 1.165) is 0 Å². The molecule has 6 nitrogen and oxygen atoms in total. The van der Waals surface area contributed by atoms with Crippen LogP contribution in [-0.4, -0.2) is 59.8 Å². The van der Waals surface area contributed by atoms with Crippen molar-refractivity contribution < 1.29 is 19.8 Å². The van der Waals surface area contributed by atoms with Crippen molar-refractivity contribution in [1.29, 1.82) is 0 Å². The van der Waals surface area contributed by atoms with Crippen LogP contribution in [-0.2, 0) is 9.59 Å². The third kappa shape index (κ3) is 5.50. The van der Waals surface area contributed by atoms with E-state index in [-0.39, 0.29) is 44.7 Å². The summed E-state index contributed by atoms with van der Waals surface area (Å²) in [5, 5.41) is 19.6. The number of aliphatic hydroxyl groups excluding tert-OH is 2. The van der Waals surface area contributed by atoms with Gasteiger partial charge in [-0.25, -0.2) is 0 Å². The van der Waals surface area contributed by atoms with E-state index >= 15 is 0 Å². The van der Waals surface area contributed by atoms with Crippen LogP contribution >= 0.6 is 0 Å². The maximum absolute atomic E-state index is 11.3. The topological polar surface area (TPSA) is 89.9 Å². The van der Waals surface area contributed by atoms with E-state index in [1.807, 2.05) is 0 Å². The first kappa shape index (κ1) is 12.9. The number of nitrogens with zero attached hydrogens (tertiary/aromatic N) is 1. The van der Waals surface area contributed by atoms with Crippen molar-refractivity contribution >= 4 is 11.8 Å². The second-order valence-corrected chi connectivity index (χ2v) is 2.74. The third-order valence-corrected chi connectivity index (χ3v) is 1.58. The summed E-state index contributed by atoms with van der Waals surface area (Å²) in [6.45, 7) is 1.22. The summed E-state index contributed by atoms with van der Waals surface area (Å²) < 4.78 is 0. The number of nitrogens with one attached hydrogen (secondary N) is 1. The number of carbonyl (C=O) groups excluding carboxylic acids is 2. The van der Waals surface area contributed by atoms with Crippen LogP contribution < -0.4 is 5.32 Å². The second-order valence-electron chi connectivity index (χ2n) is 2.74. The third-order valence-electron chi connectivity index (χ3n) is 1.58. The molecule has 2 amide bonds. The van der Waals surface area contributed by atoms with Crippen molar-refractivity contribution in [2.45, 2.75) is 6.92 Å². The monoisotopic (exact) mass is 204 g/mol. The molecule has 0 unspecified atom stereocenters. The number of amides is 2. The Balaban J connectivity index is 3.94. The number of carbonyl (C=O) groups is 2. The van der Waals surface area contributed by atoms with Crippen LogP contribution in [0.15, 0.2) is 0 Å². The quantitative estimate of drug-likeness (QED) is 0.464. The van der Waals surface area contributed by atoms with Crippen LogP contribution in [0.5, 0.6) is 0 Å². The van der Waals surface area contributed by atoms with E-state index in [1.54, 1.807) is 0 Å². The van der Waals surface area contributed by atoms with Gasteiger partial charge in [0, 0.05) is 20.0 Å². The SMILES string of the molecule is CC(=O)NCC(=O)N(CCO)CCO. The van der Waals surface area contributed by atoms with E-state index in [9.17, 15) is 9.59 Å². The summed E-state index contributed by atoms with van der Waals surface area (Å²) in [4.78, 5) is 23.1. The van der Waals surface area contributed by atoms with Crippen molar-refractivity contribution in [3.63, 3.8) is 0 Å². The molecule has 0 rings (SSSR count). The van der Waals surface area contributed by atoms with Gasteiger partial charge in [0.2, 0.25) is 11.8 Å². The minimum atomic E-state index is -0.316. The fraction of sp³-hybridized carbons (Fsp3) is 0.750. The van der Waals surface area contributed by atoms with Crippen LogP contribution in [0.1, 0.15) is 6.92 Å². The van der Waals surface area contributed by atoms with Gasteiger partial charge < -0.3 is 20.4 Å². The van der Waals surface area contributed by atoms with E-state index in [1.165, 1.54) is 11.8 Å². The Kier molecular flexibility index (Phi) is 6.69. The van der Waals surface area contributed by atoms with Gasteiger partial charge >= 0.3 is 0 Å². The van der Waals surface area contributed by atoms with Gasteiger partial charge in [-0.15, -0.1) is 0 Å². The fourth-order valence-electron chi connectivity index (χ4n) is 0.915. The Labute approximate surface area is 82.5 Å². The molecule has 0 aliphatic rings. The lowest BCUT2D eigenvalue weighted by molar-refractivity contribution is -0.133. The van der Waals surface area contributed by atoms with Crippen LogP contribution in [0.3, 0.4) is 0 Å². The number of hydrogen-bond donors (Lipinski definition) is 3. The average molecular weight is 204 g/mol. The predicted octanol–water partition coefficient (Wildman–Crippen LogP) is -2.06. The Hall–Kier alpha value is -1.14. The Morgan fingerprint density at radius 1 is 1.21 bits per heavy atom. The van der Waals surface area contributed by atoms with Gasteiger partial charge in [0.15, 0.2) is 0 Å². The predicted molar refractivity (Wildman–Crippen MR) is 49.4 cm³/mol. The molecule has 0 saturated carbocycles. The smallest absolute Gasteiger partial charge is 0.242 e. The Morgan fingerprint density at radius 3 is 2.07 bits per heavy atom. The summed E-state index contributed by atoms with van der Waals surface area (Å²) in [6.07, 6.45) is 0. The van der Waals surface area contributed by atoms with Gasteiger partial charge in [0.25, 0.3) is 0 Å². The van der Waals surface area contributed by atoms with Gasteiger partial charge in [-0.1, -0.05) is 0 Å². The van der Waals surface area contributed by atoms with Gasteiger partial charge in [-0.3, -0.25) is 9.59 Å². The molecule has 0 fully saturated rings. The molecule has 0 aromatic heterocycles. The molecular formula is C8H16N2O4. The molecule has 0 heterocycles. The second kappa shape index (κ2) is 7.28.